The van der Waals surface area contributed by atoms with Gasteiger partial charge in [0, 0.05) is 11.4 Å². The lowest BCUT2D eigenvalue weighted by atomic mass is 10.2. The SMILES string of the molecule is Cc1nnc(COc2ccc(Br)cc2C(=O)O)o1. The Labute approximate surface area is 111 Å². The van der Waals surface area contributed by atoms with Gasteiger partial charge in [-0.1, -0.05) is 15.9 Å². The standard InChI is InChI=1S/C11H9BrN2O4/c1-6-13-14-10(18-6)5-17-9-3-2-7(12)4-8(9)11(15)16/h2-4H,5H2,1H3,(H,15,16). The van der Waals surface area contributed by atoms with Crippen molar-refractivity contribution in [2.75, 3.05) is 0 Å². The van der Waals surface area contributed by atoms with Crippen LogP contribution in [0.4, 0.5) is 0 Å². The molecule has 7 heteroatoms. The molecule has 2 rings (SSSR count). The molecule has 0 spiro atoms. The summed E-state index contributed by atoms with van der Waals surface area (Å²) in [4.78, 5) is 11.0. The predicted molar refractivity (Wildman–Crippen MR) is 64.5 cm³/mol. The number of carboxylic acid groups (broad SMARTS) is 1. The zero-order valence-electron chi connectivity index (χ0n) is 9.38. The second-order valence-corrected chi connectivity index (χ2v) is 4.36. The highest BCUT2D eigenvalue weighted by Gasteiger charge is 2.13. The van der Waals surface area contributed by atoms with Crippen molar-refractivity contribution in [3.63, 3.8) is 0 Å². The highest BCUT2D eigenvalue weighted by molar-refractivity contribution is 9.10. The van der Waals surface area contributed by atoms with Crippen LogP contribution in [-0.4, -0.2) is 21.3 Å². The van der Waals surface area contributed by atoms with Crippen molar-refractivity contribution in [2.45, 2.75) is 13.5 Å². The van der Waals surface area contributed by atoms with E-state index in [9.17, 15) is 4.79 Å². The first-order valence-corrected chi connectivity index (χ1v) is 5.80. The maximum Gasteiger partial charge on any atom is 0.339 e. The van der Waals surface area contributed by atoms with Gasteiger partial charge in [0.2, 0.25) is 5.89 Å². The summed E-state index contributed by atoms with van der Waals surface area (Å²) in [5.74, 6) is -0.0795. The third-order valence-corrected chi connectivity index (χ3v) is 2.58. The lowest BCUT2D eigenvalue weighted by molar-refractivity contribution is 0.0691. The Balaban J connectivity index is 2.16. The Morgan fingerprint density at radius 1 is 1.50 bits per heavy atom. The van der Waals surface area contributed by atoms with E-state index in [2.05, 4.69) is 26.1 Å². The number of nitrogens with zero attached hydrogens (tertiary/aromatic N) is 2. The molecule has 0 bridgehead atoms. The maximum atomic E-state index is 11.0. The summed E-state index contributed by atoms with van der Waals surface area (Å²) in [5.41, 5.74) is 0.0700. The molecule has 6 nitrogen and oxygen atoms in total. The summed E-state index contributed by atoms with van der Waals surface area (Å²) in [6.07, 6.45) is 0. The minimum atomic E-state index is -1.06. The molecule has 0 atom stereocenters. The van der Waals surface area contributed by atoms with Crippen LogP contribution in [0.15, 0.2) is 27.1 Å². The van der Waals surface area contributed by atoms with Gasteiger partial charge in [-0.15, -0.1) is 10.2 Å². The van der Waals surface area contributed by atoms with Crippen molar-refractivity contribution in [3.05, 3.63) is 40.0 Å². The van der Waals surface area contributed by atoms with Crippen LogP contribution in [0.3, 0.4) is 0 Å². The molecule has 0 saturated carbocycles. The van der Waals surface area contributed by atoms with Crippen molar-refractivity contribution in [3.8, 4) is 5.75 Å². The Kier molecular flexibility index (Phi) is 3.61. The second-order valence-electron chi connectivity index (χ2n) is 3.45. The topological polar surface area (TPSA) is 85.5 Å². The van der Waals surface area contributed by atoms with Crippen molar-refractivity contribution in [1.82, 2.24) is 10.2 Å². The molecule has 94 valence electrons. The Bertz CT molecular complexity index is 582. The van der Waals surface area contributed by atoms with Crippen LogP contribution in [0, 0.1) is 6.92 Å². The van der Waals surface area contributed by atoms with Crippen LogP contribution in [-0.2, 0) is 6.61 Å². The molecule has 0 aliphatic heterocycles. The first-order valence-electron chi connectivity index (χ1n) is 5.01. The van der Waals surface area contributed by atoms with Crippen molar-refractivity contribution in [1.29, 1.82) is 0 Å². The molecule has 1 N–H and O–H groups in total. The number of hydrogen-bond acceptors (Lipinski definition) is 5. The summed E-state index contributed by atoms with van der Waals surface area (Å²) in [6.45, 7) is 1.70. The first-order chi connectivity index (χ1) is 8.56. The number of hydrogen-bond donors (Lipinski definition) is 1. The molecule has 1 aromatic heterocycles. The summed E-state index contributed by atoms with van der Waals surface area (Å²) in [5, 5.41) is 16.4. The summed E-state index contributed by atoms with van der Waals surface area (Å²) < 4.78 is 11.1. The van der Waals surface area contributed by atoms with Crippen LogP contribution >= 0.6 is 15.9 Å². The molecule has 1 aromatic carbocycles. The number of carbonyl (C=O) groups is 1. The fourth-order valence-corrected chi connectivity index (χ4v) is 1.69. The van der Waals surface area contributed by atoms with E-state index in [1.54, 1.807) is 19.1 Å². The molecule has 0 amide bonds. The number of benzene rings is 1. The third-order valence-electron chi connectivity index (χ3n) is 2.09. The minimum Gasteiger partial charge on any atom is -0.483 e. The highest BCUT2D eigenvalue weighted by atomic mass is 79.9. The fourth-order valence-electron chi connectivity index (χ4n) is 1.33. The van der Waals surface area contributed by atoms with Crippen LogP contribution < -0.4 is 4.74 Å². The molecule has 1 heterocycles. The number of ether oxygens (including phenoxy) is 1. The van der Waals surface area contributed by atoms with Gasteiger partial charge < -0.3 is 14.3 Å². The molecular weight excluding hydrogens is 304 g/mol. The molecule has 18 heavy (non-hydrogen) atoms. The van der Waals surface area contributed by atoms with E-state index in [4.69, 9.17) is 14.3 Å². The van der Waals surface area contributed by atoms with E-state index < -0.39 is 5.97 Å². The van der Waals surface area contributed by atoms with Crippen LogP contribution in [0.1, 0.15) is 22.1 Å². The van der Waals surface area contributed by atoms with Gasteiger partial charge in [0.15, 0.2) is 6.61 Å². The molecule has 0 aliphatic carbocycles. The largest absolute Gasteiger partial charge is 0.483 e. The average Bonchev–Trinajstić information content (AvgIpc) is 2.73. The van der Waals surface area contributed by atoms with Crippen LogP contribution in [0.25, 0.3) is 0 Å². The van der Waals surface area contributed by atoms with Crippen LogP contribution in [0.5, 0.6) is 5.75 Å². The summed E-state index contributed by atoms with van der Waals surface area (Å²) in [6, 6.07) is 4.73. The summed E-state index contributed by atoms with van der Waals surface area (Å²) in [7, 11) is 0. The molecular formula is C11H9BrN2O4. The predicted octanol–water partition coefficient (Wildman–Crippen LogP) is 2.42. The average molecular weight is 313 g/mol. The van der Waals surface area contributed by atoms with Gasteiger partial charge in [0.25, 0.3) is 5.89 Å². The Morgan fingerprint density at radius 2 is 2.28 bits per heavy atom. The molecule has 0 unspecified atom stereocenters. The van der Waals surface area contributed by atoms with Crippen LogP contribution in [0.2, 0.25) is 0 Å². The Hall–Kier alpha value is -1.89. The summed E-state index contributed by atoms with van der Waals surface area (Å²) >= 11 is 3.20. The minimum absolute atomic E-state index is 0.0305. The number of aromatic carboxylic acids is 1. The van der Waals surface area contributed by atoms with E-state index in [0.29, 0.717) is 16.3 Å². The van der Waals surface area contributed by atoms with Gasteiger partial charge in [0.1, 0.15) is 11.3 Å². The van der Waals surface area contributed by atoms with E-state index in [0.717, 1.165) is 0 Å². The van der Waals surface area contributed by atoms with E-state index in [1.165, 1.54) is 6.07 Å². The molecule has 0 aliphatic rings. The first kappa shape index (κ1) is 12.6. The zero-order valence-corrected chi connectivity index (χ0v) is 11.0. The highest BCUT2D eigenvalue weighted by Crippen LogP contribution is 2.24. The van der Waals surface area contributed by atoms with Crippen molar-refractivity contribution >= 4 is 21.9 Å². The molecule has 0 radical (unpaired) electrons. The number of aryl methyl sites for hydroxylation is 1. The number of rotatable bonds is 4. The smallest absolute Gasteiger partial charge is 0.339 e. The van der Waals surface area contributed by atoms with Gasteiger partial charge in [-0.25, -0.2) is 4.79 Å². The normalized spacial score (nSPS) is 10.3. The quantitative estimate of drug-likeness (QED) is 0.933. The molecule has 2 aromatic rings. The maximum absolute atomic E-state index is 11.0. The van der Waals surface area contributed by atoms with Gasteiger partial charge >= 0.3 is 5.97 Å². The van der Waals surface area contributed by atoms with E-state index in [1.807, 2.05) is 0 Å². The van der Waals surface area contributed by atoms with Gasteiger partial charge in [-0.2, -0.15) is 0 Å². The third kappa shape index (κ3) is 2.86. The molecule has 0 saturated heterocycles. The van der Waals surface area contributed by atoms with E-state index >= 15 is 0 Å². The van der Waals surface area contributed by atoms with Gasteiger partial charge in [-0.3, -0.25) is 0 Å². The Morgan fingerprint density at radius 3 is 2.89 bits per heavy atom. The molecule has 0 fully saturated rings. The van der Waals surface area contributed by atoms with Gasteiger partial charge in [0.05, 0.1) is 0 Å². The number of aromatic nitrogens is 2. The second kappa shape index (κ2) is 5.18. The van der Waals surface area contributed by atoms with Crippen molar-refractivity contribution in [2.24, 2.45) is 0 Å². The van der Waals surface area contributed by atoms with Gasteiger partial charge in [-0.05, 0) is 18.2 Å². The zero-order chi connectivity index (χ0) is 13.1. The monoisotopic (exact) mass is 312 g/mol. The fraction of sp³-hybridized carbons (Fsp3) is 0.182. The lowest BCUT2D eigenvalue weighted by Crippen LogP contribution is -2.03. The number of carboxylic acids is 1. The van der Waals surface area contributed by atoms with Crippen molar-refractivity contribution < 1.29 is 19.1 Å². The number of halogens is 1. The van der Waals surface area contributed by atoms with E-state index in [-0.39, 0.29) is 17.9 Å². The lowest BCUT2D eigenvalue weighted by Gasteiger charge is -2.07.